The smallest absolute Gasteiger partial charge is 0.137 e. The predicted octanol–water partition coefficient (Wildman–Crippen LogP) is 10.2. The highest BCUT2D eigenvalue weighted by atomic mass is 19.1. The lowest BCUT2D eigenvalue weighted by molar-refractivity contribution is 0.483. The summed E-state index contributed by atoms with van der Waals surface area (Å²) in [7, 11) is 0. The molecule has 5 nitrogen and oxygen atoms in total. The molecule has 5 aromatic carbocycles. The van der Waals surface area contributed by atoms with Gasteiger partial charge in [0, 0.05) is 40.5 Å². The maximum atomic E-state index is 14.2. The van der Waals surface area contributed by atoms with Crippen molar-refractivity contribution in [2.45, 2.75) is 20.3 Å². The van der Waals surface area contributed by atoms with Crippen LogP contribution < -0.4 is 14.5 Å². The maximum Gasteiger partial charge on any atom is 0.137 e. The van der Waals surface area contributed by atoms with Crippen LogP contribution in [0.25, 0.3) is 27.6 Å². The number of hydrogen-bond acceptors (Lipinski definition) is 4. The third-order valence-corrected chi connectivity index (χ3v) is 8.54. The topological polar surface area (TPSA) is 33.5 Å². The average molecular weight is 591 g/mol. The van der Waals surface area contributed by atoms with Gasteiger partial charge in [0.15, 0.2) is 0 Å². The molecule has 1 aliphatic heterocycles. The number of nitrogens with zero attached hydrogens (tertiary/aromatic N) is 4. The van der Waals surface area contributed by atoms with Gasteiger partial charge in [0.2, 0.25) is 0 Å². The van der Waals surface area contributed by atoms with Crippen LogP contribution in [0.1, 0.15) is 18.1 Å². The van der Waals surface area contributed by atoms with Crippen LogP contribution in [0.15, 0.2) is 128 Å². The summed E-state index contributed by atoms with van der Waals surface area (Å²) in [6.07, 6.45) is 2.83. The van der Waals surface area contributed by atoms with Gasteiger partial charge in [0.1, 0.15) is 29.8 Å². The summed E-state index contributed by atoms with van der Waals surface area (Å²) in [5.74, 6) is 2.14. The van der Waals surface area contributed by atoms with E-state index in [0.717, 1.165) is 68.5 Å². The number of ether oxygens (including phenoxy) is 1. The molecule has 7 aromatic rings. The molecule has 2 aromatic heterocycles. The minimum absolute atomic E-state index is 0.250. The van der Waals surface area contributed by atoms with Crippen LogP contribution in [0.2, 0.25) is 0 Å². The fourth-order valence-corrected chi connectivity index (χ4v) is 6.44. The van der Waals surface area contributed by atoms with Gasteiger partial charge in [-0.25, -0.2) is 9.37 Å². The monoisotopic (exact) mass is 590 g/mol. The Labute approximate surface area is 261 Å². The first-order chi connectivity index (χ1) is 22.1. The Balaban J connectivity index is 1.18. The lowest BCUT2D eigenvalue weighted by atomic mass is 10.1. The molecule has 0 bridgehead atoms. The Morgan fingerprint density at radius 3 is 2.29 bits per heavy atom. The van der Waals surface area contributed by atoms with E-state index in [4.69, 9.17) is 9.72 Å². The van der Waals surface area contributed by atoms with Crippen molar-refractivity contribution in [2.75, 3.05) is 16.5 Å². The van der Waals surface area contributed by atoms with Crippen molar-refractivity contribution in [1.29, 1.82) is 0 Å². The molecular weight excluding hydrogens is 559 g/mol. The largest absolute Gasteiger partial charge is 0.457 e. The number of aromatic nitrogens is 2. The van der Waals surface area contributed by atoms with E-state index in [1.807, 2.05) is 30.5 Å². The zero-order valence-electron chi connectivity index (χ0n) is 25.1. The summed E-state index contributed by atoms with van der Waals surface area (Å²) in [5, 5.41) is 2.33. The molecule has 0 aliphatic carbocycles. The zero-order valence-corrected chi connectivity index (χ0v) is 25.1. The SMILES string of the molecule is CCc1ccnc(-n2c3ccccc3c3ccc(Oc4cc(C)cc(N5CN(c6cccc(F)c6)c6ccccc65)c4)cc32)c1. The molecule has 8 rings (SSSR count). The second kappa shape index (κ2) is 10.8. The highest BCUT2D eigenvalue weighted by Gasteiger charge is 2.28. The Morgan fingerprint density at radius 1 is 0.689 bits per heavy atom. The van der Waals surface area contributed by atoms with Gasteiger partial charge in [-0.15, -0.1) is 0 Å². The molecule has 1 aliphatic rings. The van der Waals surface area contributed by atoms with Crippen LogP contribution in [0.3, 0.4) is 0 Å². The Hall–Kier alpha value is -5.62. The van der Waals surface area contributed by atoms with E-state index >= 15 is 0 Å². The molecule has 220 valence electrons. The molecule has 0 saturated carbocycles. The normalized spacial score (nSPS) is 12.7. The number of fused-ring (bicyclic) bond motifs is 4. The molecule has 0 N–H and O–H groups in total. The van der Waals surface area contributed by atoms with Gasteiger partial charge in [0.25, 0.3) is 0 Å². The molecule has 45 heavy (non-hydrogen) atoms. The average Bonchev–Trinajstić information content (AvgIpc) is 3.61. The predicted molar refractivity (Wildman–Crippen MR) is 181 cm³/mol. The van der Waals surface area contributed by atoms with Crippen LogP contribution in [0.4, 0.5) is 27.1 Å². The maximum absolute atomic E-state index is 14.2. The molecule has 0 unspecified atom stereocenters. The van der Waals surface area contributed by atoms with E-state index in [9.17, 15) is 4.39 Å². The highest BCUT2D eigenvalue weighted by molar-refractivity contribution is 6.09. The number of hydrogen-bond donors (Lipinski definition) is 0. The van der Waals surface area contributed by atoms with Crippen LogP contribution in [-0.2, 0) is 6.42 Å². The first kappa shape index (κ1) is 27.0. The number of halogens is 1. The number of pyridine rings is 1. The summed E-state index contributed by atoms with van der Waals surface area (Å²) < 4.78 is 23.0. The van der Waals surface area contributed by atoms with Gasteiger partial charge in [0.05, 0.1) is 22.4 Å². The number of benzene rings is 5. The Bertz CT molecular complexity index is 2220. The fourth-order valence-electron chi connectivity index (χ4n) is 6.44. The number of aryl methyl sites for hydroxylation is 2. The van der Waals surface area contributed by atoms with E-state index in [0.29, 0.717) is 6.67 Å². The molecule has 0 spiro atoms. The first-order valence-corrected chi connectivity index (χ1v) is 15.2. The molecular formula is C39H31FN4O. The lowest BCUT2D eigenvalue weighted by Crippen LogP contribution is -2.24. The fraction of sp³-hybridized carbons (Fsp3) is 0.103. The minimum Gasteiger partial charge on any atom is -0.457 e. The van der Waals surface area contributed by atoms with Crippen molar-refractivity contribution in [2.24, 2.45) is 0 Å². The molecule has 0 amide bonds. The highest BCUT2D eigenvalue weighted by Crippen LogP contribution is 2.45. The Kier molecular flexibility index (Phi) is 6.49. The van der Waals surface area contributed by atoms with Gasteiger partial charge in [-0.05, 0) is 97.3 Å². The van der Waals surface area contributed by atoms with Gasteiger partial charge in [-0.2, -0.15) is 0 Å². The summed E-state index contributed by atoms with van der Waals surface area (Å²) in [6.45, 7) is 4.80. The zero-order chi connectivity index (χ0) is 30.5. The molecule has 6 heteroatoms. The van der Waals surface area contributed by atoms with Crippen LogP contribution in [0, 0.1) is 12.7 Å². The summed E-state index contributed by atoms with van der Waals surface area (Å²) in [5.41, 5.74) is 8.39. The quantitative estimate of drug-likeness (QED) is 0.193. The van der Waals surface area contributed by atoms with Crippen molar-refractivity contribution in [1.82, 2.24) is 9.55 Å². The van der Waals surface area contributed by atoms with E-state index < -0.39 is 0 Å². The van der Waals surface area contributed by atoms with E-state index in [2.05, 4.69) is 107 Å². The van der Waals surface area contributed by atoms with Crippen LogP contribution in [-0.4, -0.2) is 16.2 Å². The number of anilines is 4. The van der Waals surface area contributed by atoms with Crippen LogP contribution >= 0.6 is 0 Å². The molecule has 0 fully saturated rings. The van der Waals surface area contributed by atoms with E-state index in [-0.39, 0.29) is 5.82 Å². The van der Waals surface area contributed by atoms with Gasteiger partial charge >= 0.3 is 0 Å². The third kappa shape index (κ3) is 4.75. The van der Waals surface area contributed by atoms with Crippen molar-refractivity contribution in [3.05, 3.63) is 144 Å². The standard InChI is InChI=1S/C39H31FN4O/c1-3-27-17-18-41-39(21-27)44-35-12-5-4-11-33(35)34-16-15-31(24-38(34)44)45-32-20-26(2)19-30(23-32)43-25-42(29-10-8-9-28(40)22-29)36-13-6-7-14-37(36)43/h4-24H,3,25H2,1-2H3. The minimum atomic E-state index is -0.250. The second-order valence-corrected chi connectivity index (χ2v) is 11.5. The van der Waals surface area contributed by atoms with Crippen LogP contribution in [0.5, 0.6) is 11.5 Å². The first-order valence-electron chi connectivity index (χ1n) is 15.2. The molecule has 0 radical (unpaired) electrons. The summed E-state index contributed by atoms with van der Waals surface area (Å²) in [6, 6.07) is 40.2. The number of rotatable bonds is 6. The van der Waals surface area contributed by atoms with Crippen molar-refractivity contribution in [3.8, 4) is 17.3 Å². The van der Waals surface area contributed by atoms with Crippen molar-refractivity contribution >= 4 is 44.6 Å². The van der Waals surface area contributed by atoms with Gasteiger partial charge in [-0.3, -0.25) is 4.57 Å². The third-order valence-electron chi connectivity index (χ3n) is 8.54. The summed E-state index contributed by atoms with van der Waals surface area (Å²) in [4.78, 5) is 9.13. The number of para-hydroxylation sites is 3. The lowest BCUT2D eigenvalue weighted by Gasteiger charge is -2.23. The van der Waals surface area contributed by atoms with E-state index in [1.54, 1.807) is 12.1 Å². The van der Waals surface area contributed by atoms with Crippen molar-refractivity contribution < 1.29 is 9.13 Å². The molecule has 3 heterocycles. The molecule has 0 atom stereocenters. The second-order valence-electron chi connectivity index (χ2n) is 11.5. The summed E-state index contributed by atoms with van der Waals surface area (Å²) >= 11 is 0. The van der Waals surface area contributed by atoms with Gasteiger partial charge < -0.3 is 14.5 Å². The van der Waals surface area contributed by atoms with E-state index in [1.165, 1.54) is 17.0 Å². The Morgan fingerprint density at radius 2 is 1.47 bits per heavy atom. The molecule has 0 saturated heterocycles. The van der Waals surface area contributed by atoms with Gasteiger partial charge in [-0.1, -0.05) is 43.3 Å². The van der Waals surface area contributed by atoms with Crippen molar-refractivity contribution in [3.63, 3.8) is 0 Å².